The van der Waals surface area contributed by atoms with Crippen molar-refractivity contribution in [2.75, 3.05) is 12.1 Å². The Balaban J connectivity index is 1.89. The highest BCUT2D eigenvalue weighted by Gasteiger charge is 2.26. The Kier molecular flexibility index (Phi) is 4.30. The molecule has 0 aliphatic carbocycles. The SMILES string of the molecule is COc1ccc([N+](=O)[O-])c(N2Cc3ccccc3C(c3ccccc3)=N2)c1. The first kappa shape index (κ1) is 16.8. The predicted octanol–water partition coefficient (Wildman–Crippen LogP) is 4.38. The van der Waals surface area contributed by atoms with E-state index in [2.05, 4.69) is 0 Å². The number of rotatable bonds is 4. The summed E-state index contributed by atoms with van der Waals surface area (Å²) in [5.41, 5.74) is 4.23. The van der Waals surface area contributed by atoms with Crippen LogP contribution in [0.5, 0.6) is 5.75 Å². The van der Waals surface area contributed by atoms with Gasteiger partial charge in [0, 0.05) is 23.3 Å². The van der Waals surface area contributed by atoms with E-state index in [1.165, 1.54) is 13.2 Å². The van der Waals surface area contributed by atoms with Crippen LogP contribution in [0.2, 0.25) is 0 Å². The maximum absolute atomic E-state index is 11.6. The van der Waals surface area contributed by atoms with Crippen LogP contribution in [-0.2, 0) is 6.54 Å². The van der Waals surface area contributed by atoms with E-state index in [-0.39, 0.29) is 5.69 Å². The van der Waals surface area contributed by atoms with Crippen LogP contribution < -0.4 is 9.75 Å². The molecule has 0 bridgehead atoms. The lowest BCUT2D eigenvalue weighted by Gasteiger charge is -2.27. The summed E-state index contributed by atoms with van der Waals surface area (Å²) in [7, 11) is 1.54. The summed E-state index contributed by atoms with van der Waals surface area (Å²) in [5.74, 6) is 0.547. The molecule has 0 amide bonds. The molecule has 0 aromatic heterocycles. The molecule has 0 atom stereocenters. The molecule has 6 heteroatoms. The first-order chi connectivity index (χ1) is 13.2. The summed E-state index contributed by atoms with van der Waals surface area (Å²) in [6, 6.07) is 22.5. The molecule has 27 heavy (non-hydrogen) atoms. The number of hydrazone groups is 1. The third kappa shape index (κ3) is 3.13. The molecular weight excluding hydrogens is 342 g/mol. The number of fused-ring (bicyclic) bond motifs is 1. The summed E-state index contributed by atoms with van der Waals surface area (Å²) in [5, 5.41) is 18.0. The van der Waals surface area contributed by atoms with Gasteiger partial charge in [0.05, 0.1) is 24.3 Å². The molecule has 0 saturated heterocycles. The maximum atomic E-state index is 11.6. The highest BCUT2D eigenvalue weighted by molar-refractivity contribution is 6.14. The molecule has 134 valence electrons. The standard InChI is InChI=1S/C21H17N3O3/c1-27-17-11-12-19(24(25)26)20(13-17)23-14-16-9-5-6-10-18(16)21(22-23)15-7-3-2-4-8-15/h2-13H,14H2,1H3. The van der Waals surface area contributed by atoms with Crippen LogP contribution in [-0.4, -0.2) is 17.7 Å². The Hall–Kier alpha value is -3.67. The third-order valence-corrected chi connectivity index (χ3v) is 4.52. The zero-order chi connectivity index (χ0) is 18.8. The highest BCUT2D eigenvalue weighted by Crippen LogP contribution is 2.36. The number of nitro benzene ring substituents is 1. The number of nitrogens with zero attached hydrogens (tertiary/aromatic N) is 3. The van der Waals surface area contributed by atoms with Gasteiger partial charge in [-0.05, 0) is 11.6 Å². The largest absolute Gasteiger partial charge is 0.497 e. The molecule has 1 aliphatic heterocycles. The van der Waals surface area contributed by atoms with E-state index in [0.717, 1.165) is 22.4 Å². The molecule has 1 aliphatic rings. The number of hydrogen-bond acceptors (Lipinski definition) is 5. The van der Waals surface area contributed by atoms with Gasteiger partial charge in [0.25, 0.3) is 5.69 Å². The minimum Gasteiger partial charge on any atom is -0.497 e. The Bertz CT molecular complexity index is 1030. The Morgan fingerprint density at radius 3 is 2.52 bits per heavy atom. The topological polar surface area (TPSA) is 68.0 Å². The van der Waals surface area contributed by atoms with Gasteiger partial charge in [-0.2, -0.15) is 5.10 Å². The molecule has 0 N–H and O–H groups in total. The fourth-order valence-electron chi connectivity index (χ4n) is 3.20. The fraction of sp³-hybridized carbons (Fsp3) is 0.0952. The summed E-state index contributed by atoms with van der Waals surface area (Å²) in [4.78, 5) is 11.2. The second kappa shape index (κ2) is 6.92. The van der Waals surface area contributed by atoms with Crippen molar-refractivity contribution in [2.24, 2.45) is 5.10 Å². The van der Waals surface area contributed by atoms with Crippen LogP contribution >= 0.6 is 0 Å². The molecule has 1 heterocycles. The molecule has 0 spiro atoms. The van der Waals surface area contributed by atoms with Crippen molar-refractivity contribution in [3.05, 3.63) is 99.6 Å². The Labute approximate surface area is 156 Å². The molecule has 4 rings (SSSR count). The Morgan fingerprint density at radius 1 is 1.04 bits per heavy atom. The number of benzene rings is 3. The van der Waals surface area contributed by atoms with Gasteiger partial charge in [0.1, 0.15) is 11.4 Å². The lowest BCUT2D eigenvalue weighted by molar-refractivity contribution is -0.384. The van der Waals surface area contributed by atoms with E-state index < -0.39 is 4.92 Å². The van der Waals surface area contributed by atoms with Crippen molar-refractivity contribution < 1.29 is 9.66 Å². The quantitative estimate of drug-likeness (QED) is 0.512. The average Bonchev–Trinajstić information content (AvgIpc) is 2.73. The van der Waals surface area contributed by atoms with Crippen LogP contribution in [0.3, 0.4) is 0 Å². The van der Waals surface area contributed by atoms with Gasteiger partial charge in [-0.15, -0.1) is 0 Å². The van der Waals surface area contributed by atoms with Crippen molar-refractivity contribution in [1.82, 2.24) is 0 Å². The number of hydrogen-bond donors (Lipinski definition) is 0. The van der Waals surface area contributed by atoms with Crippen LogP contribution in [0.15, 0.2) is 77.9 Å². The summed E-state index contributed by atoms with van der Waals surface area (Å²) >= 11 is 0. The van der Waals surface area contributed by atoms with Crippen molar-refractivity contribution in [2.45, 2.75) is 6.54 Å². The number of methoxy groups -OCH3 is 1. The molecule has 3 aromatic rings. The van der Waals surface area contributed by atoms with E-state index in [0.29, 0.717) is 18.0 Å². The van der Waals surface area contributed by atoms with E-state index >= 15 is 0 Å². The van der Waals surface area contributed by atoms with Crippen LogP contribution in [0.25, 0.3) is 0 Å². The van der Waals surface area contributed by atoms with E-state index in [9.17, 15) is 10.1 Å². The van der Waals surface area contributed by atoms with E-state index in [4.69, 9.17) is 9.84 Å². The number of ether oxygens (including phenoxy) is 1. The second-order valence-electron chi connectivity index (χ2n) is 6.14. The molecule has 0 saturated carbocycles. The summed E-state index contributed by atoms with van der Waals surface area (Å²) in [6.07, 6.45) is 0. The van der Waals surface area contributed by atoms with Crippen molar-refractivity contribution in [1.29, 1.82) is 0 Å². The number of nitro groups is 1. The van der Waals surface area contributed by atoms with Gasteiger partial charge >= 0.3 is 0 Å². The van der Waals surface area contributed by atoms with Crippen LogP contribution in [0.4, 0.5) is 11.4 Å². The third-order valence-electron chi connectivity index (χ3n) is 4.52. The van der Waals surface area contributed by atoms with Crippen molar-refractivity contribution >= 4 is 17.1 Å². The van der Waals surface area contributed by atoms with Gasteiger partial charge in [-0.25, -0.2) is 0 Å². The second-order valence-corrected chi connectivity index (χ2v) is 6.14. The fourth-order valence-corrected chi connectivity index (χ4v) is 3.20. The Morgan fingerprint density at radius 2 is 1.78 bits per heavy atom. The van der Waals surface area contributed by atoms with Crippen LogP contribution in [0.1, 0.15) is 16.7 Å². The van der Waals surface area contributed by atoms with E-state index in [1.54, 1.807) is 17.1 Å². The average molecular weight is 359 g/mol. The minimum absolute atomic E-state index is 0.00802. The highest BCUT2D eigenvalue weighted by atomic mass is 16.6. The monoisotopic (exact) mass is 359 g/mol. The number of anilines is 1. The molecule has 6 nitrogen and oxygen atoms in total. The summed E-state index contributed by atoms with van der Waals surface area (Å²) in [6.45, 7) is 0.445. The lowest BCUT2D eigenvalue weighted by Crippen LogP contribution is -2.26. The van der Waals surface area contributed by atoms with Crippen molar-refractivity contribution in [3.63, 3.8) is 0 Å². The van der Waals surface area contributed by atoms with E-state index in [1.807, 2.05) is 54.6 Å². The normalized spacial score (nSPS) is 12.9. The van der Waals surface area contributed by atoms with Gasteiger partial charge in [-0.1, -0.05) is 54.6 Å². The lowest BCUT2D eigenvalue weighted by atomic mass is 9.96. The van der Waals surface area contributed by atoms with Gasteiger partial charge < -0.3 is 4.74 Å². The minimum atomic E-state index is -0.396. The molecule has 0 fully saturated rings. The van der Waals surface area contributed by atoms with Gasteiger partial charge in [0.2, 0.25) is 0 Å². The zero-order valence-corrected chi connectivity index (χ0v) is 14.7. The van der Waals surface area contributed by atoms with Crippen LogP contribution in [0, 0.1) is 10.1 Å². The first-order valence-corrected chi connectivity index (χ1v) is 8.49. The molecule has 0 radical (unpaired) electrons. The molecular formula is C21H17N3O3. The van der Waals surface area contributed by atoms with Crippen molar-refractivity contribution in [3.8, 4) is 5.75 Å². The predicted molar refractivity (Wildman–Crippen MR) is 104 cm³/mol. The zero-order valence-electron chi connectivity index (χ0n) is 14.7. The molecule has 0 unspecified atom stereocenters. The first-order valence-electron chi connectivity index (χ1n) is 8.49. The van der Waals surface area contributed by atoms with Gasteiger partial charge in [0.15, 0.2) is 0 Å². The van der Waals surface area contributed by atoms with Gasteiger partial charge in [-0.3, -0.25) is 15.1 Å². The molecule has 3 aromatic carbocycles. The smallest absolute Gasteiger partial charge is 0.294 e. The summed E-state index contributed by atoms with van der Waals surface area (Å²) < 4.78 is 5.26. The maximum Gasteiger partial charge on any atom is 0.294 e.